The van der Waals surface area contributed by atoms with E-state index in [2.05, 4.69) is 15.3 Å². The number of ketones is 2. The minimum Gasteiger partial charge on any atom is -0.491 e. The number of nitrogens with zero attached hydrogens (tertiary/aromatic N) is 2. The highest BCUT2D eigenvalue weighted by Gasteiger charge is 2.43. The lowest BCUT2D eigenvalue weighted by Gasteiger charge is -2.25. The van der Waals surface area contributed by atoms with Crippen LogP contribution >= 0.6 is 58.0 Å². The van der Waals surface area contributed by atoms with Gasteiger partial charge >= 0.3 is 11.6 Å². The molecule has 9 N–H and O–H groups in total. The maximum absolute atomic E-state index is 12.8. The Kier molecular flexibility index (Phi) is 24.1. The van der Waals surface area contributed by atoms with Crippen molar-refractivity contribution >= 4 is 121 Å². The molecule has 0 fully saturated rings. The molecule has 0 spiro atoms. The zero-order valence-electron chi connectivity index (χ0n) is 48.5. The standard InChI is InChI=1S/C17H17ClN2O2.C17H16ClNO3.C16H16ClNO2.C9H6ClNO2.C7H6ClNO2/c1-10(2)22-13-5-3-4-11(8-13)17(21)14-9-12(18)6-7-15(14)20-16(17)19;1-11(2)22-16-6-4-3-5-13(16)17(21)14-9-12(18)7-8-15(14)19-10-20;1-10(2)20-15-6-4-3-5-12(15)16(19)13-9-11(17)7-8-14(13)18;1-5-11-8-3-2-6(10)4-7(8)9(12)13-5;8-4-1-2-6(9)5(3-4)7(10)11/h3-10,21H,1-2H3,(H2,19,20);3-11H,1-2H3,(H,19,20);3-10H,18H2,1-2H3;2-4H,1H3;1-3H,9H2,(H,10,11). The van der Waals surface area contributed by atoms with E-state index in [1.54, 1.807) is 134 Å². The first-order chi connectivity index (χ1) is 41.7. The van der Waals surface area contributed by atoms with Crippen LogP contribution in [0.15, 0.2) is 178 Å². The molecule has 88 heavy (non-hydrogen) atoms. The van der Waals surface area contributed by atoms with Crippen LogP contribution in [-0.2, 0) is 10.4 Å². The number of aromatic nitrogens is 1. The number of benzene rings is 8. The van der Waals surface area contributed by atoms with E-state index in [1.807, 2.05) is 59.7 Å². The lowest BCUT2D eigenvalue weighted by molar-refractivity contribution is -0.105. The first kappa shape index (κ1) is 68.2. The number of hydrogen-bond donors (Lipinski definition) is 6. The first-order valence-electron chi connectivity index (χ1n) is 26.9. The molecule has 1 unspecified atom stereocenters. The third kappa shape index (κ3) is 18.1. The number of fused-ring (bicyclic) bond motifs is 2. The number of rotatable bonds is 14. The molecule has 1 aromatic heterocycles. The third-order valence-electron chi connectivity index (χ3n) is 12.2. The number of carboxylic acids is 1. The van der Waals surface area contributed by atoms with Gasteiger partial charge in [-0.3, -0.25) is 14.4 Å². The van der Waals surface area contributed by atoms with Gasteiger partial charge in [0.15, 0.2) is 23.1 Å². The summed E-state index contributed by atoms with van der Waals surface area (Å²) in [7, 11) is 0. The zero-order chi connectivity index (χ0) is 64.6. The minimum atomic E-state index is -1.49. The Balaban J connectivity index is 0.000000179. The Morgan fingerprint density at radius 2 is 1.07 bits per heavy atom. The fourth-order valence-electron chi connectivity index (χ4n) is 8.41. The van der Waals surface area contributed by atoms with Gasteiger partial charge in [-0.25, -0.2) is 19.6 Å². The van der Waals surface area contributed by atoms with Gasteiger partial charge in [0.2, 0.25) is 6.41 Å². The van der Waals surface area contributed by atoms with Crippen molar-refractivity contribution in [1.82, 2.24) is 4.98 Å². The van der Waals surface area contributed by atoms with Gasteiger partial charge < -0.3 is 51.4 Å². The number of carboxylic acid groups (broad SMARTS) is 1. The molecule has 1 aliphatic heterocycles. The summed E-state index contributed by atoms with van der Waals surface area (Å²) in [5.74, 6) is 0.691. The summed E-state index contributed by atoms with van der Waals surface area (Å²) in [6.45, 7) is 13.1. The first-order valence-corrected chi connectivity index (χ1v) is 28.7. The monoisotopic (exact) mass is 1290 g/mol. The molecule has 0 aliphatic carbocycles. The number of aryl methyl sites for hydroxylation is 1. The molecule has 0 bridgehead atoms. The van der Waals surface area contributed by atoms with E-state index in [0.29, 0.717) is 116 Å². The summed E-state index contributed by atoms with van der Waals surface area (Å²) >= 11 is 29.2. The van der Waals surface area contributed by atoms with Gasteiger partial charge in [-0.05, 0) is 174 Å². The highest BCUT2D eigenvalue weighted by Crippen LogP contribution is 2.44. The van der Waals surface area contributed by atoms with E-state index >= 15 is 0 Å². The number of anilines is 3. The summed E-state index contributed by atoms with van der Waals surface area (Å²) in [4.78, 5) is 66.1. The third-order valence-corrected chi connectivity index (χ3v) is 13.4. The summed E-state index contributed by atoms with van der Waals surface area (Å²) < 4.78 is 21.8. The Morgan fingerprint density at radius 1 is 0.580 bits per heavy atom. The molecular weight excluding hydrogens is 1230 g/mol. The number of ether oxygens (including phenoxy) is 3. The molecule has 22 heteroatoms. The van der Waals surface area contributed by atoms with Crippen LogP contribution in [-0.4, -0.2) is 63.3 Å². The molecule has 0 saturated heterocycles. The van der Waals surface area contributed by atoms with Gasteiger partial charge in [0.25, 0.3) is 0 Å². The smallest absolute Gasteiger partial charge is 0.346 e. The number of nitrogens with one attached hydrogen (secondary N) is 1. The number of aromatic carboxylic acids is 1. The van der Waals surface area contributed by atoms with Gasteiger partial charge in [0.05, 0.1) is 57.3 Å². The molecule has 1 atom stereocenters. The average molecular weight is 1290 g/mol. The van der Waals surface area contributed by atoms with Crippen molar-refractivity contribution in [2.75, 3.05) is 16.8 Å². The van der Waals surface area contributed by atoms with Crippen molar-refractivity contribution < 1.29 is 48.0 Å². The van der Waals surface area contributed by atoms with E-state index in [0.717, 1.165) is 0 Å². The number of nitrogen functional groups attached to an aromatic ring is 2. The zero-order valence-corrected chi connectivity index (χ0v) is 52.3. The topological polar surface area (TPSA) is 282 Å². The number of carbonyl (C=O) groups is 4. The lowest BCUT2D eigenvalue weighted by atomic mass is 9.86. The molecule has 0 saturated carbocycles. The van der Waals surface area contributed by atoms with Crippen LogP contribution in [0.4, 0.5) is 22.7 Å². The van der Waals surface area contributed by atoms with E-state index < -0.39 is 17.2 Å². The second-order valence-electron chi connectivity index (χ2n) is 19.9. The van der Waals surface area contributed by atoms with E-state index in [-0.39, 0.29) is 47.0 Å². The molecule has 10 rings (SSSR count). The van der Waals surface area contributed by atoms with Gasteiger partial charge in [-0.2, -0.15) is 0 Å². The Morgan fingerprint density at radius 3 is 1.62 bits per heavy atom. The Hall–Kier alpha value is -8.94. The van der Waals surface area contributed by atoms with Crippen LogP contribution in [0.5, 0.6) is 17.2 Å². The van der Waals surface area contributed by atoms with Crippen LogP contribution in [0, 0.1) is 6.92 Å². The van der Waals surface area contributed by atoms with E-state index in [4.69, 9.17) is 98.9 Å². The van der Waals surface area contributed by atoms with Crippen molar-refractivity contribution in [1.29, 1.82) is 0 Å². The molecule has 456 valence electrons. The Bertz CT molecular complexity index is 4100. The van der Waals surface area contributed by atoms with Crippen LogP contribution < -0.4 is 42.4 Å². The maximum Gasteiger partial charge on any atom is 0.346 e. The number of carbonyl (C=O) groups excluding carboxylic acids is 3. The molecule has 1 amide bonds. The number of aliphatic imine (C=N–C) groups is 1. The highest BCUT2D eigenvalue weighted by molar-refractivity contribution is 6.33. The van der Waals surface area contributed by atoms with E-state index in [1.165, 1.54) is 18.2 Å². The molecule has 9 aromatic rings. The summed E-state index contributed by atoms with van der Waals surface area (Å²) in [6, 6.07) is 45.4. The molecule has 0 radical (unpaired) electrons. The predicted octanol–water partition coefficient (Wildman–Crippen LogP) is 15.0. The average Bonchev–Trinajstić information content (AvgIpc) is 1.64. The van der Waals surface area contributed by atoms with Crippen LogP contribution in [0.2, 0.25) is 25.1 Å². The van der Waals surface area contributed by atoms with Crippen molar-refractivity contribution in [3.8, 4) is 17.2 Å². The predicted molar refractivity (Wildman–Crippen MR) is 349 cm³/mol. The largest absolute Gasteiger partial charge is 0.491 e. The van der Waals surface area contributed by atoms with Crippen LogP contribution in [0.1, 0.15) is 101 Å². The number of amides is 1. The second-order valence-corrected chi connectivity index (χ2v) is 22.1. The molecule has 8 aromatic carbocycles. The van der Waals surface area contributed by atoms with Crippen molar-refractivity contribution in [3.63, 3.8) is 0 Å². The van der Waals surface area contributed by atoms with Gasteiger partial charge in [-0.15, -0.1) is 0 Å². The molecule has 1 aliphatic rings. The SMILES string of the molecule is CC(C)Oc1cccc(C2(O)C(N)=Nc3ccc(Cl)cc32)c1.CC(C)Oc1ccccc1C(=O)c1cc(Cl)ccc1N.CC(C)Oc1ccccc1C(=O)c1cc(Cl)ccc1NC=O.Cc1nc2ccc(Cl)cc2c(=O)o1.Nc1ccc(Cl)cc1C(=O)O. The summed E-state index contributed by atoms with van der Waals surface area (Å²) in [5.41, 5.74) is 20.4. The number of nitrogens with two attached hydrogens (primary N) is 3. The number of amidine groups is 1. The maximum atomic E-state index is 12.8. The number of aliphatic hydroxyl groups is 1. The quantitative estimate of drug-likeness (QED) is 0.0335. The fraction of sp³-hybridized carbons (Fsp3) is 0.167. The van der Waals surface area contributed by atoms with Crippen LogP contribution in [0.3, 0.4) is 0 Å². The molecule has 2 heterocycles. The van der Waals surface area contributed by atoms with Gasteiger partial charge in [0.1, 0.15) is 23.1 Å². The number of hydrogen-bond acceptors (Lipinski definition) is 15. The second kappa shape index (κ2) is 31.1. The van der Waals surface area contributed by atoms with Crippen molar-refractivity contribution in [3.05, 3.63) is 244 Å². The van der Waals surface area contributed by atoms with Crippen molar-refractivity contribution in [2.45, 2.75) is 72.4 Å². The molecule has 17 nitrogen and oxygen atoms in total. The van der Waals surface area contributed by atoms with Gasteiger partial charge in [0, 0.05) is 60.1 Å². The van der Waals surface area contributed by atoms with E-state index in [9.17, 15) is 29.1 Å². The lowest BCUT2D eigenvalue weighted by Crippen LogP contribution is -2.39. The van der Waals surface area contributed by atoms with Gasteiger partial charge in [-0.1, -0.05) is 94.4 Å². The van der Waals surface area contributed by atoms with Crippen molar-refractivity contribution in [2.24, 2.45) is 10.7 Å². The normalized spacial score (nSPS) is 12.8. The highest BCUT2D eigenvalue weighted by atomic mass is 35.5. The Labute approximate surface area is 532 Å². The minimum absolute atomic E-state index is 0.0133. The van der Waals surface area contributed by atoms with Crippen LogP contribution in [0.25, 0.3) is 10.9 Å². The summed E-state index contributed by atoms with van der Waals surface area (Å²) in [5, 5.41) is 25.0. The number of para-hydroxylation sites is 2. The molecular formula is C66H61Cl5N6O11. The number of halogens is 5. The fourth-order valence-corrected chi connectivity index (χ4v) is 9.27. The summed E-state index contributed by atoms with van der Waals surface area (Å²) in [6.07, 6.45) is 0.499.